The van der Waals surface area contributed by atoms with Gasteiger partial charge in [0.2, 0.25) is 0 Å². The molecule has 1 aromatic heterocycles. The Morgan fingerprint density at radius 1 is 0.938 bits per heavy atom. The average molecular weight is 213 g/mol. The van der Waals surface area contributed by atoms with E-state index in [2.05, 4.69) is 75.0 Å². The molecule has 1 heteroatoms. The molecule has 0 aliphatic carbocycles. The molecule has 0 amide bonds. The highest BCUT2D eigenvalue weighted by atomic mass is 14.9. The first kappa shape index (κ1) is 11.0. The summed E-state index contributed by atoms with van der Waals surface area (Å²) in [5.74, 6) is 0. The highest BCUT2D eigenvalue weighted by molar-refractivity contribution is 5.60. The zero-order valence-corrected chi connectivity index (χ0v) is 10.5. The summed E-state index contributed by atoms with van der Waals surface area (Å²) in [6, 6.07) is 13.1. The van der Waals surface area contributed by atoms with Crippen molar-refractivity contribution in [3.63, 3.8) is 0 Å². The summed E-state index contributed by atoms with van der Waals surface area (Å²) in [6.45, 7) is 6.72. The van der Waals surface area contributed by atoms with Crippen LogP contribution in [0.2, 0.25) is 0 Å². The second-order valence-corrected chi connectivity index (χ2v) is 5.33. The highest BCUT2D eigenvalue weighted by Crippen LogP contribution is 2.25. The second kappa shape index (κ2) is 3.82. The molecule has 1 aromatic carbocycles. The minimum atomic E-state index is 0.229. The topological polar surface area (TPSA) is 4.93 Å². The van der Waals surface area contributed by atoms with E-state index in [1.165, 1.54) is 16.8 Å². The van der Waals surface area contributed by atoms with Crippen LogP contribution >= 0.6 is 0 Å². The summed E-state index contributed by atoms with van der Waals surface area (Å²) < 4.78 is 2.14. The SMILES string of the molecule is Cn1cccc1-c1ccc(C(C)(C)C)cc1. The number of benzene rings is 1. The summed E-state index contributed by atoms with van der Waals surface area (Å²) >= 11 is 0. The van der Waals surface area contributed by atoms with Gasteiger partial charge in [-0.05, 0) is 28.7 Å². The van der Waals surface area contributed by atoms with Crippen LogP contribution in [0.1, 0.15) is 26.3 Å². The molecule has 84 valence electrons. The van der Waals surface area contributed by atoms with E-state index in [0.717, 1.165) is 0 Å². The number of rotatable bonds is 1. The number of aromatic nitrogens is 1. The fourth-order valence-electron chi connectivity index (χ4n) is 1.90. The second-order valence-electron chi connectivity index (χ2n) is 5.33. The quantitative estimate of drug-likeness (QED) is 0.675. The Kier molecular flexibility index (Phi) is 2.63. The van der Waals surface area contributed by atoms with Gasteiger partial charge in [0.25, 0.3) is 0 Å². The third-order valence-electron chi connectivity index (χ3n) is 2.99. The van der Waals surface area contributed by atoms with Crippen molar-refractivity contribution < 1.29 is 0 Å². The summed E-state index contributed by atoms with van der Waals surface area (Å²) in [6.07, 6.45) is 2.08. The van der Waals surface area contributed by atoms with Gasteiger partial charge in [0, 0.05) is 18.9 Å². The maximum atomic E-state index is 2.24. The van der Waals surface area contributed by atoms with E-state index < -0.39 is 0 Å². The average Bonchev–Trinajstić information content (AvgIpc) is 2.63. The van der Waals surface area contributed by atoms with Crippen molar-refractivity contribution in [1.29, 1.82) is 0 Å². The van der Waals surface area contributed by atoms with Crippen LogP contribution in [-0.2, 0) is 12.5 Å². The van der Waals surface area contributed by atoms with Crippen LogP contribution in [0.4, 0.5) is 0 Å². The van der Waals surface area contributed by atoms with E-state index >= 15 is 0 Å². The van der Waals surface area contributed by atoms with E-state index in [9.17, 15) is 0 Å². The Labute approximate surface area is 97.7 Å². The van der Waals surface area contributed by atoms with Crippen molar-refractivity contribution in [2.24, 2.45) is 7.05 Å². The van der Waals surface area contributed by atoms with Gasteiger partial charge in [-0.2, -0.15) is 0 Å². The minimum Gasteiger partial charge on any atom is -0.351 e. The molecule has 0 saturated carbocycles. The molecule has 0 atom stereocenters. The predicted octanol–water partition coefficient (Wildman–Crippen LogP) is 3.99. The molecule has 2 aromatic rings. The van der Waals surface area contributed by atoms with Crippen LogP contribution in [0.25, 0.3) is 11.3 Å². The van der Waals surface area contributed by atoms with E-state index in [4.69, 9.17) is 0 Å². The van der Waals surface area contributed by atoms with E-state index in [1.54, 1.807) is 0 Å². The van der Waals surface area contributed by atoms with Crippen molar-refractivity contribution in [3.05, 3.63) is 48.2 Å². The Hall–Kier alpha value is -1.50. The molecule has 0 fully saturated rings. The van der Waals surface area contributed by atoms with Gasteiger partial charge in [0.05, 0.1) is 0 Å². The standard InChI is InChI=1S/C15H19N/c1-15(2,3)13-9-7-12(8-10-13)14-6-5-11-16(14)4/h5-11H,1-4H3. The van der Waals surface area contributed by atoms with Crippen LogP contribution < -0.4 is 0 Å². The molecule has 16 heavy (non-hydrogen) atoms. The summed E-state index contributed by atoms with van der Waals surface area (Å²) in [5.41, 5.74) is 4.15. The number of hydrogen-bond donors (Lipinski definition) is 0. The minimum absolute atomic E-state index is 0.229. The van der Waals surface area contributed by atoms with E-state index in [0.29, 0.717) is 0 Å². The fraction of sp³-hybridized carbons (Fsp3) is 0.333. The van der Waals surface area contributed by atoms with Crippen LogP contribution in [0.5, 0.6) is 0 Å². The van der Waals surface area contributed by atoms with E-state index in [-0.39, 0.29) is 5.41 Å². The van der Waals surface area contributed by atoms with E-state index in [1.807, 2.05) is 0 Å². The van der Waals surface area contributed by atoms with Crippen molar-refractivity contribution >= 4 is 0 Å². The highest BCUT2D eigenvalue weighted by Gasteiger charge is 2.13. The van der Waals surface area contributed by atoms with Gasteiger partial charge in [-0.25, -0.2) is 0 Å². The van der Waals surface area contributed by atoms with Crippen LogP contribution in [0.3, 0.4) is 0 Å². The van der Waals surface area contributed by atoms with Gasteiger partial charge in [0.15, 0.2) is 0 Å². The first-order valence-corrected chi connectivity index (χ1v) is 5.71. The van der Waals surface area contributed by atoms with Gasteiger partial charge in [-0.3, -0.25) is 0 Å². The molecule has 0 unspecified atom stereocenters. The lowest BCUT2D eigenvalue weighted by Gasteiger charge is -2.19. The van der Waals surface area contributed by atoms with Gasteiger partial charge >= 0.3 is 0 Å². The lowest BCUT2D eigenvalue weighted by atomic mass is 9.86. The van der Waals surface area contributed by atoms with Gasteiger partial charge < -0.3 is 4.57 Å². The van der Waals surface area contributed by atoms with Crippen molar-refractivity contribution in [1.82, 2.24) is 4.57 Å². The Balaban J connectivity index is 2.37. The first-order valence-electron chi connectivity index (χ1n) is 5.71. The first-order chi connectivity index (χ1) is 7.48. The van der Waals surface area contributed by atoms with Gasteiger partial charge in [0.1, 0.15) is 0 Å². The number of aryl methyl sites for hydroxylation is 1. The largest absolute Gasteiger partial charge is 0.351 e. The Bertz CT molecular complexity index is 469. The molecule has 1 heterocycles. The number of nitrogens with zero attached hydrogens (tertiary/aromatic N) is 1. The number of hydrogen-bond acceptors (Lipinski definition) is 0. The van der Waals surface area contributed by atoms with Crippen LogP contribution in [0.15, 0.2) is 42.6 Å². The molecule has 0 N–H and O–H groups in total. The van der Waals surface area contributed by atoms with Crippen LogP contribution in [-0.4, -0.2) is 4.57 Å². The molecule has 0 saturated heterocycles. The zero-order valence-electron chi connectivity index (χ0n) is 10.5. The Morgan fingerprint density at radius 3 is 2.00 bits per heavy atom. The molecule has 1 nitrogen and oxygen atoms in total. The van der Waals surface area contributed by atoms with Crippen LogP contribution in [0, 0.1) is 0 Å². The fourth-order valence-corrected chi connectivity index (χ4v) is 1.90. The molecule has 0 aliphatic heterocycles. The predicted molar refractivity (Wildman–Crippen MR) is 69.5 cm³/mol. The van der Waals surface area contributed by atoms with Gasteiger partial charge in [-0.1, -0.05) is 45.0 Å². The smallest absolute Gasteiger partial charge is 0.0477 e. The summed E-state index contributed by atoms with van der Waals surface area (Å²) in [5, 5.41) is 0. The normalized spacial score (nSPS) is 11.8. The Morgan fingerprint density at radius 2 is 1.56 bits per heavy atom. The monoisotopic (exact) mass is 213 g/mol. The van der Waals surface area contributed by atoms with Crippen molar-refractivity contribution in [2.45, 2.75) is 26.2 Å². The third-order valence-corrected chi connectivity index (χ3v) is 2.99. The van der Waals surface area contributed by atoms with Crippen molar-refractivity contribution in [3.8, 4) is 11.3 Å². The lowest BCUT2D eigenvalue weighted by Crippen LogP contribution is -2.10. The summed E-state index contributed by atoms with van der Waals surface area (Å²) in [4.78, 5) is 0. The molecular formula is C15H19N. The van der Waals surface area contributed by atoms with Gasteiger partial charge in [-0.15, -0.1) is 0 Å². The summed E-state index contributed by atoms with van der Waals surface area (Å²) in [7, 11) is 2.08. The zero-order chi connectivity index (χ0) is 11.8. The molecule has 0 radical (unpaired) electrons. The van der Waals surface area contributed by atoms with Crippen molar-refractivity contribution in [2.75, 3.05) is 0 Å². The molecule has 0 aliphatic rings. The maximum absolute atomic E-state index is 2.24. The molecule has 0 bridgehead atoms. The molecule has 2 rings (SSSR count). The molecule has 0 spiro atoms. The molecular weight excluding hydrogens is 194 g/mol. The third kappa shape index (κ3) is 2.04. The maximum Gasteiger partial charge on any atom is 0.0477 e. The lowest BCUT2D eigenvalue weighted by molar-refractivity contribution is 0.590.